The highest BCUT2D eigenvalue weighted by molar-refractivity contribution is 7.89. The Hall–Kier alpha value is -2.14. The van der Waals surface area contributed by atoms with Crippen molar-refractivity contribution in [2.45, 2.75) is 63.1 Å². The van der Waals surface area contributed by atoms with Crippen LogP contribution in [0.4, 0.5) is 18.9 Å². The third kappa shape index (κ3) is 5.10. The van der Waals surface area contributed by atoms with E-state index in [0.717, 1.165) is 37.6 Å². The Balaban J connectivity index is 1.41. The molecule has 2 fully saturated rings. The van der Waals surface area contributed by atoms with Gasteiger partial charge in [0.05, 0.1) is 11.3 Å². The van der Waals surface area contributed by atoms with Crippen LogP contribution in [0, 0.1) is 5.92 Å². The Morgan fingerprint density at radius 1 is 1.18 bits per heavy atom. The quantitative estimate of drug-likeness (QED) is 0.625. The summed E-state index contributed by atoms with van der Waals surface area (Å²) in [7, 11) is -2.26. The van der Waals surface area contributed by atoms with E-state index in [-0.39, 0.29) is 49.7 Å². The number of hydrogen-bond acceptors (Lipinski definition) is 5. The predicted octanol–water partition coefficient (Wildman–Crippen LogP) is 3.56. The van der Waals surface area contributed by atoms with Crippen molar-refractivity contribution < 1.29 is 26.4 Å². The SMILES string of the molecule is CNc1ccc(CCS(=O)(=O)N2CCC3(CC2)N=C(C2CCCCC2)NC3=O)c(C(F)(F)F)c1. The molecule has 1 saturated carbocycles. The van der Waals surface area contributed by atoms with Gasteiger partial charge in [-0.15, -0.1) is 0 Å². The fourth-order valence-corrected chi connectivity index (χ4v) is 6.64. The van der Waals surface area contributed by atoms with E-state index >= 15 is 0 Å². The molecule has 0 unspecified atom stereocenters. The minimum atomic E-state index is -4.58. The molecular weight excluding hydrogens is 469 g/mol. The summed E-state index contributed by atoms with van der Waals surface area (Å²) in [4.78, 5) is 17.5. The molecule has 3 aliphatic rings. The zero-order chi connectivity index (χ0) is 24.6. The topological polar surface area (TPSA) is 90.9 Å². The van der Waals surface area contributed by atoms with E-state index in [1.165, 1.54) is 29.9 Å². The highest BCUT2D eigenvalue weighted by Crippen LogP contribution is 2.36. The van der Waals surface area contributed by atoms with E-state index in [1.807, 2.05) is 0 Å². The summed E-state index contributed by atoms with van der Waals surface area (Å²) in [5, 5.41) is 5.62. The second-order valence-corrected chi connectivity index (χ2v) is 11.5. The monoisotopic (exact) mass is 500 g/mol. The van der Waals surface area contributed by atoms with E-state index in [4.69, 9.17) is 4.99 Å². The number of amidine groups is 1. The fraction of sp³-hybridized carbons (Fsp3) is 0.652. The maximum absolute atomic E-state index is 13.5. The minimum absolute atomic E-state index is 0.0551. The molecule has 1 aromatic rings. The summed E-state index contributed by atoms with van der Waals surface area (Å²) < 4.78 is 67.6. The van der Waals surface area contributed by atoms with E-state index in [1.54, 1.807) is 0 Å². The molecule has 0 aromatic heterocycles. The predicted molar refractivity (Wildman–Crippen MR) is 124 cm³/mol. The number of carbonyl (C=O) groups is 1. The van der Waals surface area contributed by atoms with Gasteiger partial charge in [-0.1, -0.05) is 25.3 Å². The first-order valence-corrected chi connectivity index (χ1v) is 13.4. The van der Waals surface area contributed by atoms with Crippen LogP contribution in [0.3, 0.4) is 0 Å². The van der Waals surface area contributed by atoms with Crippen molar-refractivity contribution in [3.63, 3.8) is 0 Å². The number of piperidine rings is 1. The number of aliphatic imine (C=N–C) groups is 1. The highest BCUT2D eigenvalue weighted by atomic mass is 32.2. The second kappa shape index (κ2) is 9.49. The molecule has 1 aliphatic carbocycles. The van der Waals surface area contributed by atoms with Crippen molar-refractivity contribution in [1.29, 1.82) is 0 Å². The standard InChI is InChI=1S/C23H31F3N4O3S/c1-27-18-8-7-16(19(15-18)23(24,25)26)9-14-34(32,33)30-12-10-22(11-13-30)21(31)28-20(29-22)17-5-3-2-4-6-17/h7-8,15,17,27H,2-6,9-14H2,1H3,(H,28,29,31). The maximum Gasteiger partial charge on any atom is 0.416 e. The van der Waals surface area contributed by atoms with Crippen molar-refractivity contribution in [2.24, 2.45) is 10.9 Å². The number of nitrogens with zero attached hydrogens (tertiary/aromatic N) is 2. The lowest BCUT2D eigenvalue weighted by atomic mass is 9.88. The average molecular weight is 501 g/mol. The molecule has 2 N–H and O–H groups in total. The summed E-state index contributed by atoms with van der Waals surface area (Å²) in [5.41, 5.74) is -1.51. The van der Waals surface area contributed by atoms with Crippen LogP contribution in [0.1, 0.15) is 56.1 Å². The molecule has 1 spiro atoms. The lowest BCUT2D eigenvalue weighted by Crippen LogP contribution is -2.51. The molecule has 1 aromatic carbocycles. The Kier molecular flexibility index (Phi) is 6.97. The zero-order valence-corrected chi connectivity index (χ0v) is 20.1. The van der Waals surface area contributed by atoms with E-state index in [2.05, 4.69) is 10.6 Å². The first-order valence-electron chi connectivity index (χ1n) is 11.8. The van der Waals surface area contributed by atoms with Crippen LogP contribution in [-0.2, 0) is 27.4 Å². The number of rotatable bonds is 6. The van der Waals surface area contributed by atoms with Gasteiger partial charge in [-0.25, -0.2) is 12.7 Å². The number of amides is 1. The van der Waals surface area contributed by atoms with Gasteiger partial charge in [0.1, 0.15) is 11.4 Å². The number of carbonyl (C=O) groups excluding carboxylic acids is 1. The largest absolute Gasteiger partial charge is 0.416 e. The number of alkyl halides is 3. The molecule has 11 heteroatoms. The lowest BCUT2D eigenvalue weighted by Gasteiger charge is -2.34. The smallest absolute Gasteiger partial charge is 0.388 e. The molecule has 1 amide bonds. The third-order valence-electron chi connectivity index (χ3n) is 7.27. The van der Waals surface area contributed by atoms with Gasteiger partial charge >= 0.3 is 6.18 Å². The minimum Gasteiger partial charge on any atom is -0.388 e. The summed E-state index contributed by atoms with van der Waals surface area (Å²) in [6.45, 7) is 0.254. The van der Waals surface area contributed by atoms with Crippen molar-refractivity contribution >= 4 is 27.5 Å². The Morgan fingerprint density at radius 2 is 1.85 bits per heavy atom. The zero-order valence-electron chi connectivity index (χ0n) is 19.2. The first-order chi connectivity index (χ1) is 16.0. The van der Waals surface area contributed by atoms with Crippen LogP contribution in [0.15, 0.2) is 23.2 Å². The van der Waals surface area contributed by atoms with Gasteiger partial charge < -0.3 is 10.6 Å². The molecule has 2 aliphatic heterocycles. The van der Waals surface area contributed by atoms with Crippen LogP contribution in [0.5, 0.6) is 0 Å². The van der Waals surface area contributed by atoms with Crippen LogP contribution in [-0.4, -0.2) is 55.9 Å². The number of hydrogen-bond donors (Lipinski definition) is 2. The summed E-state index contributed by atoms with van der Waals surface area (Å²) in [6, 6.07) is 3.81. The van der Waals surface area contributed by atoms with Gasteiger partial charge in [0.25, 0.3) is 5.91 Å². The van der Waals surface area contributed by atoms with Gasteiger partial charge in [-0.2, -0.15) is 13.2 Å². The molecule has 188 valence electrons. The Bertz CT molecular complexity index is 1060. The van der Waals surface area contributed by atoms with E-state index in [9.17, 15) is 26.4 Å². The number of sulfonamides is 1. The van der Waals surface area contributed by atoms with Gasteiger partial charge in [0, 0.05) is 31.7 Å². The van der Waals surface area contributed by atoms with E-state index in [0.29, 0.717) is 5.69 Å². The molecule has 4 rings (SSSR count). The van der Waals surface area contributed by atoms with Crippen molar-refractivity contribution in [3.05, 3.63) is 29.3 Å². The molecule has 0 radical (unpaired) electrons. The van der Waals surface area contributed by atoms with Gasteiger partial charge in [0.2, 0.25) is 10.0 Å². The molecular formula is C23H31F3N4O3S. The van der Waals surface area contributed by atoms with Crippen LogP contribution in [0.2, 0.25) is 0 Å². The normalized spacial score (nSPS) is 22.0. The van der Waals surface area contributed by atoms with Gasteiger partial charge in [0.15, 0.2) is 0 Å². The van der Waals surface area contributed by atoms with E-state index < -0.39 is 33.1 Å². The number of benzene rings is 1. The van der Waals surface area contributed by atoms with Gasteiger partial charge in [-0.05, 0) is 49.8 Å². The molecule has 0 atom stereocenters. The molecule has 2 heterocycles. The number of anilines is 1. The van der Waals surface area contributed by atoms with Crippen LogP contribution in [0.25, 0.3) is 0 Å². The number of halogens is 3. The number of aryl methyl sites for hydroxylation is 1. The molecule has 7 nitrogen and oxygen atoms in total. The summed E-state index contributed by atoms with van der Waals surface area (Å²) >= 11 is 0. The summed E-state index contributed by atoms with van der Waals surface area (Å²) in [5.74, 6) is 0.413. The third-order valence-corrected chi connectivity index (χ3v) is 9.14. The Labute approximate surface area is 198 Å². The molecule has 0 bridgehead atoms. The summed E-state index contributed by atoms with van der Waals surface area (Å²) in [6.07, 6.45) is 1.17. The van der Waals surface area contributed by atoms with Crippen molar-refractivity contribution in [3.8, 4) is 0 Å². The van der Waals surface area contributed by atoms with Crippen LogP contribution >= 0.6 is 0 Å². The van der Waals surface area contributed by atoms with Crippen LogP contribution < -0.4 is 10.6 Å². The van der Waals surface area contributed by atoms with Crippen molar-refractivity contribution in [1.82, 2.24) is 9.62 Å². The second-order valence-electron chi connectivity index (χ2n) is 9.40. The first kappa shape index (κ1) is 25.0. The van der Waals surface area contributed by atoms with Crippen molar-refractivity contribution in [2.75, 3.05) is 31.2 Å². The molecule has 1 saturated heterocycles. The molecule has 34 heavy (non-hydrogen) atoms. The van der Waals surface area contributed by atoms with Gasteiger partial charge in [-0.3, -0.25) is 9.79 Å². The average Bonchev–Trinajstić information content (AvgIpc) is 3.13. The fourth-order valence-electron chi connectivity index (χ4n) is 5.17. The lowest BCUT2D eigenvalue weighted by molar-refractivity contribution is -0.138. The number of nitrogens with one attached hydrogen (secondary N) is 2. The highest BCUT2D eigenvalue weighted by Gasteiger charge is 2.48. The maximum atomic E-state index is 13.5. The Morgan fingerprint density at radius 3 is 2.47 bits per heavy atom.